The molecule has 0 fully saturated rings. The van der Waals surface area contributed by atoms with E-state index in [0.717, 1.165) is 4.47 Å². The molecule has 1 atom stereocenters. The molecule has 0 bridgehead atoms. The van der Waals surface area contributed by atoms with Crippen LogP contribution in [0, 0.1) is 0 Å². The topological polar surface area (TPSA) is 73.6 Å². The Morgan fingerprint density at radius 3 is 2.50 bits per heavy atom. The predicted octanol–water partition coefficient (Wildman–Crippen LogP) is 1.77. The summed E-state index contributed by atoms with van der Waals surface area (Å²) in [4.78, 5) is 12.0. The van der Waals surface area contributed by atoms with Gasteiger partial charge in [-0.2, -0.15) is 0 Å². The van der Waals surface area contributed by atoms with Crippen LogP contribution in [0.5, 0.6) is 0 Å². The number of ether oxygens (including phenoxy) is 2. The number of nitrogens with one attached hydrogen (secondary N) is 1. The normalized spacial score (nSPS) is 12.5. The van der Waals surface area contributed by atoms with Crippen molar-refractivity contribution in [1.82, 2.24) is 5.32 Å². The number of carbonyl (C=O) groups excluding carboxylic acids is 1. The number of carbonyl (C=O) groups is 1. The molecule has 1 unspecified atom stereocenters. The number of nitrogens with two attached hydrogens (primary N) is 1. The lowest BCUT2D eigenvalue weighted by atomic mass is 10.1. The van der Waals surface area contributed by atoms with Crippen LogP contribution in [0.2, 0.25) is 0 Å². The molecule has 1 amide bonds. The molecule has 0 aromatic heterocycles. The maximum Gasteiger partial charge on any atom is 0.253 e. The van der Waals surface area contributed by atoms with Crippen LogP contribution in [0.3, 0.4) is 0 Å². The average Bonchev–Trinajstić information content (AvgIpc) is 2.30. The van der Waals surface area contributed by atoms with Crippen molar-refractivity contribution in [3.63, 3.8) is 0 Å². The summed E-state index contributed by atoms with van der Waals surface area (Å²) in [5.74, 6) is -0.258. The Morgan fingerprint density at radius 2 is 2.00 bits per heavy atom. The maximum atomic E-state index is 12.0. The van der Waals surface area contributed by atoms with Crippen molar-refractivity contribution >= 4 is 27.5 Å². The van der Waals surface area contributed by atoms with Crippen LogP contribution in [0.25, 0.3) is 0 Å². The highest BCUT2D eigenvalue weighted by molar-refractivity contribution is 9.10. The van der Waals surface area contributed by atoms with Gasteiger partial charge in [-0.05, 0) is 25.1 Å². The Kier molecular flexibility index (Phi) is 5.58. The van der Waals surface area contributed by atoms with Crippen molar-refractivity contribution in [2.75, 3.05) is 20.0 Å². The van der Waals surface area contributed by atoms with Crippen LogP contribution >= 0.6 is 15.9 Å². The summed E-state index contributed by atoms with van der Waals surface area (Å²) in [6.45, 7) is 1.80. The van der Waals surface area contributed by atoms with Gasteiger partial charge in [-0.25, -0.2) is 0 Å². The van der Waals surface area contributed by atoms with Crippen LogP contribution in [-0.4, -0.2) is 32.5 Å². The van der Waals surface area contributed by atoms with E-state index in [1.54, 1.807) is 25.1 Å². The van der Waals surface area contributed by atoms with Gasteiger partial charge in [0.25, 0.3) is 5.91 Å². The van der Waals surface area contributed by atoms with Gasteiger partial charge in [0.2, 0.25) is 0 Å². The molecule has 18 heavy (non-hydrogen) atoms. The number of halogens is 1. The fraction of sp³-hybridized carbons (Fsp3) is 0.417. The second-order valence-corrected chi connectivity index (χ2v) is 4.75. The highest BCUT2D eigenvalue weighted by Gasteiger charge is 2.19. The van der Waals surface area contributed by atoms with E-state index in [-0.39, 0.29) is 11.9 Å². The van der Waals surface area contributed by atoms with Gasteiger partial charge in [-0.1, -0.05) is 15.9 Å². The van der Waals surface area contributed by atoms with Crippen LogP contribution in [0.1, 0.15) is 17.3 Å². The largest absolute Gasteiger partial charge is 0.398 e. The Bertz CT molecular complexity index is 422. The van der Waals surface area contributed by atoms with Crippen LogP contribution in [0.15, 0.2) is 22.7 Å². The Balaban J connectivity index is 2.76. The van der Waals surface area contributed by atoms with Gasteiger partial charge in [-0.3, -0.25) is 4.79 Å². The first-order valence-corrected chi connectivity index (χ1v) is 6.20. The van der Waals surface area contributed by atoms with E-state index in [9.17, 15) is 4.79 Å². The maximum absolute atomic E-state index is 12.0. The van der Waals surface area contributed by atoms with Gasteiger partial charge in [0.1, 0.15) is 0 Å². The summed E-state index contributed by atoms with van der Waals surface area (Å²) in [7, 11) is 3.04. The summed E-state index contributed by atoms with van der Waals surface area (Å²) in [5.41, 5.74) is 6.63. The quantitative estimate of drug-likeness (QED) is 0.641. The molecule has 100 valence electrons. The molecule has 1 aromatic carbocycles. The number of anilines is 1. The molecule has 0 spiro atoms. The number of nitrogen functional groups attached to an aromatic ring is 1. The van der Waals surface area contributed by atoms with Gasteiger partial charge in [0.15, 0.2) is 6.29 Å². The van der Waals surface area contributed by atoms with Gasteiger partial charge in [0.05, 0.1) is 11.6 Å². The second kappa shape index (κ2) is 6.72. The molecule has 0 heterocycles. The SMILES string of the molecule is COC(OC)C(C)NC(=O)c1ccc(Br)cc1N. The van der Waals surface area contributed by atoms with Crippen molar-refractivity contribution in [2.24, 2.45) is 0 Å². The molecule has 1 aromatic rings. The lowest BCUT2D eigenvalue weighted by Gasteiger charge is -2.22. The zero-order chi connectivity index (χ0) is 13.7. The first kappa shape index (κ1) is 14.9. The van der Waals surface area contributed by atoms with E-state index in [2.05, 4.69) is 21.2 Å². The number of hydrogen-bond acceptors (Lipinski definition) is 4. The molecule has 0 aliphatic carbocycles. The fourth-order valence-corrected chi connectivity index (χ4v) is 1.98. The number of rotatable bonds is 5. The molecule has 6 heteroatoms. The first-order chi connectivity index (χ1) is 8.49. The Labute approximate surface area is 115 Å². The standard InChI is InChI=1S/C12H17BrN2O3/c1-7(12(17-2)18-3)15-11(16)9-5-4-8(13)6-10(9)14/h4-7,12H,14H2,1-3H3,(H,15,16). The Morgan fingerprint density at radius 1 is 1.39 bits per heavy atom. The van der Waals surface area contributed by atoms with Crippen molar-refractivity contribution < 1.29 is 14.3 Å². The van der Waals surface area contributed by atoms with Crippen molar-refractivity contribution in [3.8, 4) is 0 Å². The molecule has 0 radical (unpaired) electrons. The summed E-state index contributed by atoms with van der Waals surface area (Å²) in [6, 6.07) is 4.83. The highest BCUT2D eigenvalue weighted by atomic mass is 79.9. The summed E-state index contributed by atoms with van der Waals surface area (Å²) in [5, 5.41) is 2.77. The molecule has 0 saturated heterocycles. The number of benzene rings is 1. The molecular weight excluding hydrogens is 300 g/mol. The minimum Gasteiger partial charge on any atom is -0.398 e. The summed E-state index contributed by atoms with van der Waals surface area (Å²) >= 11 is 3.29. The molecule has 0 saturated carbocycles. The van der Waals surface area contributed by atoms with Crippen LogP contribution in [0.4, 0.5) is 5.69 Å². The Hall–Kier alpha value is -1.11. The monoisotopic (exact) mass is 316 g/mol. The van der Waals surface area contributed by atoms with Crippen LogP contribution in [-0.2, 0) is 9.47 Å². The van der Waals surface area contributed by atoms with E-state index in [1.807, 2.05) is 0 Å². The van der Waals surface area contributed by atoms with E-state index < -0.39 is 6.29 Å². The predicted molar refractivity (Wildman–Crippen MR) is 73.3 cm³/mol. The fourth-order valence-electron chi connectivity index (χ4n) is 1.60. The lowest BCUT2D eigenvalue weighted by molar-refractivity contribution is -0.117. The van der Waals surface area contributed by atoms with Gasteiger partial charge in [0, 0.05) is 24.4 Å². The van der Waals surface area contributed by atoms with Crippen molar-refractivity contribution in [1.29, 1.82) is 0 Å². The third-order valence-electron chi connectivity index (χ3n) is 2.49. The van der Waals surface area contributed by atoms with Gasteiger partial charge in [-0.15, -0.1) is 0 Å². The third kappa shape index (κ3) is 3.69. The molecule has 0 aliphatic rings. The lowest BCUT2D eigenvalue weighted by Crippen LogP contribution is -2.43. The smallest absolute Gasteiger partial charge is 0.253 e. The van der Waals surface area contributed by atoms with Crippen molar-refractivity contribution in [2.45, 2.75) is 19.3 Å². The van der Waals surface area contributed by atoms with Crippen molar-refractivity contribution in [3.05, 3.63) is 28.2 Å². The highest BCUT2D eigenvalue weighted by Crippen LogP contribution is 2.18. The van der Waals surface area contributed by atoms with Crippen LogP contribution < -0.4 is 11.1 Å². The van der Waals surface area contributed by atoms with E-state index in [0.29, 0.717) is 11.3 Å². The number of amides is 1. The molecular formula is C12H17BrN2O3. The molecule has 3 N–H and O–H groups in total. The van der Waals surface area contributed by atoms with Gasteiger partial charge >= 0.3 is 0 Å². The molecule has 1 rings (SSSR count). The van der Waals surface area contributed by atoms with E-state index in [4.69, 9.17) is 15.2 Å². The first-order valence-electron chi connectivity index (χ1n) is 5.41. The third-order valence-corrected chi connectivity index (χ3v) is 2.98. The number of hydrogen-bond donors (Lipinski definition) is 2. The second-order valence-electron chi connectivity index (χ2n) is 3.83. The summed E-state index contributed by atoms with van der Waals surface area (Å²) < 4.78 is 11.0. The summed E-state index contributed by atoms with van der Waals surface area (Å²) in [6.07, 6.45) is -0.495. The van der Waals surface area contributed by atoms with Gasteiger partial charge < -0.3 is 20.5 Å². The molecule has 0 aliphatic heterocycles. The zero-order valence-corrected chi connectivity index (χ0v) is 12.2. The average molecular weight is 317 g/mol. The zero-order valence-electron chi connectivity index (χ0n) is 10.6. The minimum absolute atomic E-state index is 0.258. The van der Waals surface area contributed by atoms with E-state index in [1.165, 1.54) is 14.2 Å². The minimum atomic E-state index is -0.495. The number of methoxy groups -OCH3 is 2. The molecule has 5 nitrogen and oxygen atoms in total. The van der Waals surface area contributed by atoms with E-state index >= 15 is 0 Å².